The van der Waals surface area contributed by atoms with Gasteiger partial charge in [0, 0.05) is 0 Å². The molecule has 0 unspecified atom stereocenters. The van der Waals surface area contributed by atoms with Crippen LogP contribution in [0, 0.1) is 5.41 Å². The molecule has 0 spiro atoms. The summed E-state index contributed by atoms with van der Waals surface area (Å²) in [6.07, 6.45) is 8.23. The summed E-state index contributed by atoms with van der Waals surface area (Å²) in [4.78, 5) is 0. The van der Waals surface area contributed by atoms with E-state index in [0.717, 1.165) is 19.3 Å². The lowest BCUT2D eigenvalue weighted by atomic mass is 9.77. The van der Waals surface area contributed by atoms with Crippen LogP contribution in [0.25, 0.3) is 0 Å². The van der Waals surface area contributed by atoms with Crippen molar-refractivity contribution >= 4 is 0 Å². The van der Waals surface area contributed by atoms with Crippen molar-refractivity contribution in [3.8, 4) is 0 Å². The summed E-state index contributed by atoms with van der Waals surface area (Å²) in [6, 6.07) is 0. The van der Waals surface area contributed by atoms with Crippen molar-refractivity contribution in [3.05, 3.63) is 0 Å². The fourth-order valence-corrected chi connectivity index (χ4v) is 1.83. The van der Waals surface area contributed by atoms with Crippen molar-refractivity contribution in [2.45, 2.75) is 65.7 Å². The maximum Gasteiger partial charge on any atom is 0.0878 e. The molecule has 1 radical (unpaired) electrons. The van der Waals surface area contributed by atoms with Gasteiger partial charge in [0.1, 0.15) is 0 Å². The summed E-state index contributed by atoms with van der Waals surface area (Å²) in [6.45, 7) is 6.70. The van der Waals surface area contributed by atoms with Crippen LogP contribution in [0.2, 0.25) is 0 Å². The van der Waals surface area contributed by atoms with Crippen LogP contribution in [-0.2, 0) is 5.11 Å². The van der Waals surface area contributed by atoms with Gasteiger partial charge < -0.3 is 0 Å². The van der Waals surface area contributed by atoms with E-state index >= 15 is 0 Å². The fraction of sp³-hybridized carbons (Fsp3) is 1.00. The maximum atomic E-state index is 11.2. The molecule has 0 fully saturated rings. The van der Waals surface area contributed by atoms with Crippen molar-refractivity contribution in [1.82, 2.24) is 0 Å². The van der Waals surface area contributed by atoms with Gasteiger partial charge in [0.25, 0.3) is 0 Å². The largest absolute Gasteiger partial charge is 0.236 e. The second-order valence-corrected chi connectivity index (χ2v) is 4.20. The van der Waals surface area contributed by atoms with E-state index in [1.807, 2.05) is 0 Å². The van der Waals surface area contributed by atoms with Gasteiger partial charge in [-0.1, -0.05) is 46.5 Å². The summed E-state index contributed by atoms with van der Waals surface area (Å²) in [5.74, 6) is 0. The second kappa shape index (κ2) is 7.37. The van der Waals surface area contributed by atoms with Crippen LogP contribution in [0.5, 0.6) is 0 Å². The molecular formula is C12H25O. The van der Waals surface area contributed by atoms with Crippen LogP contribution in [-0.4, -0.2) is 6.61 Å². The Hall–Kier alpha value is -0.0400. The first-order valence-electron chi connectivity index (χ1n) is 5.82. The van der Waals surface area contributed by atoms with Crippen LogP contribution in [0.3, 0.4) is 0 Å². The minimum atomic E-state index is 0.128. The average Bonchev–Trinajstić information content (AvgIpc) is 2.20. The lowest BCUT2D eigenvalue weighted by molar-refractivity contribution is 0.0469. The predicted molar refractivity (Wildman–Crippen MR) is 57.3 cm³/mol. The number of hydrogen-bond donors (Lipinski definition) is 0. The van der Waals surface area contributed by atoms with Crippen molar-refractivity contribution in [2.24, 2.45) is 5.41 Å². The Balaban J connectivity index is 3.97. The Morgan fingerprint density at radius 2 is 1.38 bits per heavy atom. The quantitative estimate of drug-likeness (QED) is 0.540. The van der Waals surface area contributed by atoms with Gasteiger partial charge >= 0.3 is 0 Å². The molecule has 0 saturated carbocycles. The second-order valence-electron chi connectivity index (χ2n) is 4.20. The van der Waals surface area contributed by atoms with Crippen LogP contribution >= 0.6 is 0 Å². The average molecular weight is 185 g/mol. The Labute approximate surface area is 83.5 Å². The zero-order valence-electron chi connectivity index (χ0n) is 9.57. The summed E-state index contributed by atoms with van der Waals surface area (Å²) in [7, 11) is 0. The van der Waals surface area contributed by atoms with E-state index in [4.69, 9.17) is 0 Å². The highest BCUT2D eigenvalue weighted by Gasteiger charge is 2.26. The highest BCUT2D eigenvalue weighted by atomic mass is 16.3. The van der Waals surface area contributed by atoms with Crippen molar-refractivity contribution in [3.63, 3.8) is 0 Å². The molecule has 0 aromatic carbocycles. The van der Waals surface area contributed by atoms with E-state index < -0.39 is 0 Å². The topological polar surface area (TPSA) is 19.9 Å². The molecule has 13 heavy (non-hydrogen) atoms. The van der Waals surface area contributed by atoms with Crippen LogP contribution in [0.1, 0.15) is 65.7 Å². The molecule has 0 aliphatic carbocycles. The van der Waals surface area contributed by atoms with Gasteiger partial charge in [-0.2, -0.15) is 0 Å². The van der Waals surface area contributed by atoms with E-state index in [1.165, 1.54) is 25.7 Å². The van der Waals surface area contributed by atoms with Crippen molar-refractivity contribution < 1.29 is 5.11 Å². The molecule has 0 atom stereocenters. The van der Waals surface area contributed by atoms with Gasteiger partial charge in [0.15, 0.2) is 0 Å². The highest BCUT2D eigenvalue weighted by molar-refractivity contribution is 4.76. The Morgan fingerprint density at radius 1 is 0.923 bits per heavy atom. The van der Waals surface area contributed by atoms with Gasteiger partial charge in [0.2, 0.25) is 0 Å². The third-order valence-electron chi connectivity index (χ3n) is 3.18. The van der Waals surface area contributed by atoms with E-state index in [0.29, 0.717) is 0 Å². The molecule has 0 aliphatic heterocycles. The number of hydrogen-bond acceptors (Lipinski definition) is 0. The van der Waals surface area contributed by atoms with E-state index in [9.17, 15) is 5.11 Å². The first-order chi connectivity index (χ1) is 6.24. The van der Waals surface area contributed by atoms with Gasteiger partial charge in [-0.05, 0) is 24.7 Å². The Bertz CT molecular complexity index is 95.7. The molecule has 0 aromatic heterocycles. The Kier molecular flexibility index (Phi) is 7.35. The molecule has 0 saturated heterocycles. The molecule has 0 N–H and O–H groups in total. The summed E-state index contributed by atoms with van der Waals surface area (Å²) in [5.41, 5.74) is 0.131. The fourth-order valence-electron chi connectivity index (χ4n) is 1.83. The third-order valence-corrected chi connectivity index (χ3v) is 3.18. The zero-order valence-corrected chi connectivity index (χ0v) is 9.57. The molecule has 1 nitrogen and oxygen atoms in total. The van der Waals surface area contributed by atoms with E-state index in [1.54, 1.807) is 0 Å². The number of unbranched alkanes of at least 4 members (excludes halogenated alkanes) is 2. The van der Waals surface area contributed by atoms with Gasteiger partial charge in [-0.3, -0.25) is 0 Å². The van der Waals surface area contributed by atoms with E-state index in [2.05, 4.69) is 20.8 Å². The third kappa shape index (κ3) is 4.66. The van der Waals surface area contributed by atoms with Gasteiger partial charge in [-0.15, -0.1) is 0 Å². The minimum absolute atomic E-state index is 0.128. The molecule has 0 aromatic rings. The molecule has 0 bridgehead atoms. The molecule has 79 valence electrons. The summed E-state index contributed by atoms with van der Waals surface area (Å²) >= 11 is 0. The maximum absolute atomic E-state index is 11.2. The molecule has 0 rings (SSSR count). The van der Waals surface area contributed by atoms with Gasteiger partial charge in [0.05, 0.1) is 6.61 Å². The normalized spacial score (nSPS) is 12.0. The summed E-state index contributed by atoms with van der Waals surface area (Å²) < 4.78 is 0. The number of rotatable bonds is 8. The first kappa shape index (κ1) is 13.0. The molecule has 0 heterocycles. The van der Waals surface area contributed by atoms with Crippen LogP contribution in [0.15, 0.2) is 0 Å². The lowest BCUT2D eigenvalue weighted by Gasteiger charge is -2.29. The Morgan fingerprint density at radius 3 is 1.62 bits per heavy atom. The molecule has 0 amide bonds. The van der Waals surface area contributed by atoms with Crippen LogP contribution < -0.4 is 0 Å². The van der Waals surface area contributed by atoms with E-state index in [-0.39, 0.29) is 12.0 Å². The standard InChI is InChI=1S/C12H25O/c1-4-7-9-12(6-3,11-13)10-8-5-2/h4-11H2,1-3H3. The van der Waals surface area contributed by atoms with Gasteiger partial charge in [-0.25, -0.2) is 5.11 Å². The first-order valence-corrected chi connectivity index (χ1v) is 5.82. The minimum Gasteiger partial charge on any atom is -0.236 e. The lowest BCUT2D eigenvalue weighted by Crippen LogP contribution is -2.23. The molecule has 1 heteroatoms. The monoisotopic (exact) mass is 185 g/mol. The summed E-state index contributed by atoms with van der Waals surface area (Å²) in [5, 5.41) is 11.2. The smallest absolute Gasteiger partial charge is 0.0878 e. The van der Waals surface area contributed by atoms with Crippen molar-refractivity contribution in [1.29, 1.82) is 0 Å². The highest BCUT2D eigenvalue weighted by Crippen LogP contribution is 2.34. The molecule has 0 aliphatic rings. The van der Waals surface area contributed by atoms with Crippen LogP contribution in [0.4, 0.5) is 0 Å². The predicted octanol–water partition coefficient (Wildman–Crippen LogP) is 4.19. The van der Waals surface area contributed by atoms with Crippen molar-refractivity contribution in [2.75, 3.05) is 6.61 Å². The zero-order chi connectivity index (χ0) is 10.2. The SMILES string of the molecule is CCCCC(CC)(C[O])CCCC. The molecular weight excluding hydrogens is 160 g/mol.